The van der Waals surface area contributed by atoms with Gasteiger partial charge in [-0.1, -0.05) is 98.7 Å². The Bertz CT molecular complexity index is 3290. The predicted molar refractivity (Wildman–Crippen MR) is 275 cm³/mol. The maximum Gasteiger partial charge on any atom is 0.257 e. The summed E-state index contributed by atoms with van der Waals surface area (Å²) in [7, 11) is 0. The van der Waals surface area contributed by atoms with Crippen molar-refractivity contribution in [2.45, 2.75) is 21.3 Å². The van der Waals surface area contributed by atoms with E-state index in [0.29, 0.717) is 73.2 Å². The van der Waals surface area contributed by atoms with Crippen LogP contribution in [0.1, 0.15) is 52.4 Å². The minimum atomic E-state index is -0.288. The van der Waals surface area contributed by atoms with E-state index < -0.39 is 0 Å². The van der Waals surface area contributed by atoms with E-state index in [2.05, 4.69) is 74.4 Å². The van der Waals surface area contributed by atoms with Crippen molar-refractivity contribution in [3.8, 4) is 11.3 Å². The molecular formula is C51H45Cl2N13O2. The van der Waals surface area contributed by atoms with Crippen molar-refractivity contribution in [2.75, 3.05) is 32.7 Å². The molecule has 15 nitrogen and oxygen atoms in total. The van der Waals surface area contributed by atoms with Crippen LogP contribution in [0.3, 0.4) is 0 Å². The average molecular weight is 943 g/mol. The van der Waals surface area contributed by atoms with Crippen molar-refractivity contribution >= 4 is 97.8 Å². The lowest BCUT2D eigenvalue weighted by molar-refractivity contribution is 0.101. The smallest absolute Gasteiger partial charge is 0.257 e. The highest BCUT2D eigenvalue weighted by molar-refractivity contribution is 6.33. The van der Waals surface area contributed by atoms with Crippen LogP contribution in [-0.4, -0.2) is 46.7 Å². The Morgan fingerprint density at radius 1 is 0.559 bits per heavy atom. The number of aromatic nitrogens is 7. The number of aromatic amines is 1. The summed E-state index contributed by atoms with van der Waals surface area (Å²) in [5.41, 5.74) is 21.2. The molecule has 9 N–H and O–H groups in total. The fourth-order valence-electron chi connectivity index (χ4n) is 7.10. The standard InChI is InChI=1S/C25H19ClN6O.C24H18ClN7O.2CH4/c26-21-14-29-25(32-23(21)20-10-8-15-4-1-2-7-19(15)20)31-18-6-3-5-17(12-18)30-24(33)16-9-11-22(27)28-13-16;25-19-13-29-24(32-22(19)18-12-27-20-7-2-1-6-17(18)20)31-16-5-3-4-15(10-16)30-23(33)14-8-9-21(26)28-11-14;;/h1-7,9-14H,8H2,(H2,27,28)(H,30,33)(H,29,31,32);1-13,27H,(H2,26,28)(H,30,33)(H,29,31,32);2*1H4. The number of H-pyrrole nitrogens is 1. The molecule has 0 unspecified atom stereocenters. The number of nitrogens with one attached hydrogen (secondary N) is 5. The van der Waals surface area contributed by atoms with Gasteiger partial charge in [0.05, 0.1) is 45.0 Å². The van der Waals surface area contributed by atoms with E-state index in [1.54, 1.807) is 60.9 Å². The zero-order valence-corrected chi connectivity index (χ0v) is 36.1. The second-order valence-electron chi connectivity index (χ2n) is 14.8. The number of fused-ring (bicyclic) bond motifs is 2. The lowest BCUT2D eigenvalue weighted by atomic mass is 10.0. The summed E-state index contributed by atoms with van der Waals surface area (Å²) in [6, 6.07) is 37.1. The Kier molecular flexibility index (Phi) is 14.7. The topological polar surface area (TPSA) is 227 Å². The number of para-hydroxylation sites is 1. The number of carbonyl (C=O) groups excluding carboxylic acids is 2. The maximum absolute atomic E-state index is 12.5. The van der Waals surface area contributed by atoms with Crippen LogP contribution in [0.25, 0.3) is 27.7 Å². The van der Waals surface area contributed by atoms with E-state index >= 15 is 0 Å². The second kappa shape index (κ2) is 21.1. The summed E-state index contributed by atoms with van der Waals surface area (Å²) in [6.45, 7) is 0. The van der Waals surface area contributed by atoms with Crippen molar-refractivity contribution in [1.82, 2.24) is 34.9 Å². The third kappa shape index (κ3) is 10.9. The molecule has 0 aliphatic heterocycles. The molecule has 1 aliphatic rings. The molecule has 2 amide bonds. The van der Waals surface area contributed by atoms with Crippen LogP contribution in [-0.2, 0) is 6.42 Å². The number of nitrogens with zero attached hydrogens (tertiary/aromatic N) is 6. The van der Waals surface area contributed by atoms with Crippen LogP contribution in [0.15, 0.2) is 158 Å². The van der Waals surface area contributed by atoms with Gasteiger partial charge in [-0.05, 0) is 84.3 Å². The molecule has 0 spiro atoms. The van der Waals surface area contributed by atoms with Gasteiger partial charge in [-0.15, -0.1) is 0 Å². The monoisotopic (exact) mass is 941 g/mol. The normalized spacial score (nSPS) is 11.1. The first-order valence-corrected chi connectivity index (χ1v) is 21.1. The summed E-state index contributed by atoms with van der Waals surface area (Å²) in [5, 5.41) is 14.0. The molecule has 68 heavy (non-hydrogen) atoms. The van der Waals surface area contributed by atoms with Crippen molar-refractivity contribution in [3.05, 3.63) is 196 Å². The Morgan fingerprint density at radius 3 is 1.68 bits per heavy atom. The molecule has 0 radical (unpaired) electrons. The zero-order valence-electron chi connectivity index (χ0n) is 34.6. The molecule has 17 heteroatoms. The van der Waals surface area contributed by atoms with Gasteiger partial charge in [-0.25, -0.2) is 29.9 Å². The summed E-state index contributed by atoms with van der Waals surface area (Å²) >= 11 is 12.9. The Hall–Kier alpha value is -8.66. The van der Waals surface area contributed by atoms with E-state index in [4.69, 9.17) is 34.7 Å². The number of hydrogen-bond donors (Lipinski definition) is 7. The molecule has 0 fully saturated rings. The van der Waals surface area contributed by atoms with E-state index in [1.807, 2.05) is 66.9 Å². The van der Waals surface area contributed by atoms with E-state index in [9.17, 15) is 9.59 Å². The molecule has 0 saturated heterocycles. The van der Waals surface area contributed by atoms with E-state index in [0.717, 1.165) is 39.7 Å². The number of hydrogen-bond acceptors (Lipinski definition) is 12. The van der Waals surface area contributed by atoms with Crippen molar-refractivity contribution in [3.63, 3.8) is 0 Å². The zero-order chi connectivity index (χ0) is 45.6. The number of benzene rings is 4. The summed E-state index contributed by atoms with van der Waals surface area (Å²) < 4.78 is 0. The number of rotatable bonds is 10. The number of pyridine rings is 2. The first-order valence-electron chi connectivity index (χ1n) is 20.3. The lowest BCUT2D eigenvalue weighted by Gasteiger charge is -2.11. The minimum Gasteiger partial charge on any atom is -0.384 e. The van der Waals surface area contributed by atoms with Crippen LogP contribution < -0.4 is 32.7 Å². The fraction of sp³-hybridized carbons (Fsp3) is 0.0588. The minimum absolute atomic E-state index is 0. The molecular weight excluding hydrogens is 898 g/mol. The van der Waals surface area contributed by atoms with Gasteiger partial charge in [-0.3, -0.25) is 9.59 Å². The van der Waals surface area contributed by atoms with Gasteiger partial charge in [0.2, 0.25) is 11.9 Å². The van der Waals surface area contributed by atoms with Gasteiger partial charge in [0.15, 0.2) is 0 Å². The second-order valence-corrected chi connectivity index (χ2v) is 15.6. The van der Waals surface area contributed by atoms with Gasteiger partial charge in [0.1, 0.15) is 11.6 Å². The van der Waals surface area contributed by atoms with Crippen LogP contribution in [0.2, 0.25) is 10.0 Å². The summed E-state index contributed by atoms with van der Waals surface area (Å²) in [5.74, 6) is 0.932. The Morgan fingerprint density at radius 2 is 1.09 bits per heavy atom. The third-order valence-corrected chi connectivity index (χ3v) is 10.8. The molecule has 340 valence electrons. The number of anilines is 8. The van der Waals surface area contributed by atoms with Gasteiger partial charge in [0, 0.05) is 63.4 Å². The van der Waals surface area contributed by atoms with Gasteiger partial charge < -0.3 is 37.7 Å². The lowest BCUT2D eigenvalue weighted by Crippen LogP contribution is -2.12. The van der Waals surface area contributed by atoms with Gasteiger partial charge >= 0.3 is 0 Å². The first kappa shape index (κ1) is 47.3. The highest BCUT2D eigenvalue weighted by Gasteiger charge is 2.20. The molecule has 5 heterocycles. The number of nitrogen functional groups attached to an aromatic ring is 2. The molecule has 9 aromatic rings. The Labute approximate surface area is 402 Å². The van der Waals surface area contributed by atoms with Gasteiger partial charge in [-0.2, -0.15) is 0 Å². The van der Waals surface area contributed by atoms with Crippen LogP contribution in [0.5, 0.6) is 0 Å². The molecule has 5 aromatic heterocycles. The van der Waals surface area contributed by atoms with Crippen LogP contribution in [0.4, 0.5) is 46.3 Å². The molecule has 4 aromatic carbocycles. The number of halogens is 2. The largest absolute Gasteiger partial charge is 0.384 e. The van der Waals surface area contributed by atoms with E-state index in [-0.39, 0.29) is 26.7 Å². The average Bonchev–Trinajstić information content (AvgIpc) is 3.96. The molecule has 10 rings (SSSR count). The Balaban J connectivity index is 0.000000196. The quantitative estimate of drug-likeness (QED) is 0.0679. The third-order valence-electron chi connectivity index (χ3n) is 10.3. The fourth-order valence-corrected chi connectivity index (χ4v) is 7.49. The summed E-state index contributed by atoms with van der Waals surface area (Å²) in [6.07, 6.45) is 10.9. The van der Waals surface area contributed by atoms with Gasteiger partial charge in [0.25, 0.3) is 11.8 Å². The first-order chi connectivity index (χ1) is 32.1. The summed E-state index contributed by atoms with van der Waals surface area (Å²) in [4.78, 5) is 54.0. The van der Waals surface area contributed by atoms with Crippen molar-refractivity contribution < 1.29 is 9.59 Å². The molecule has 1 aliphatic carbocycles. The number of carbonyl (C=O) groups is 2. The number of allylic oxidation sites excluding steroid dienone is 1. The van der Waals surface area contributed by atoms with Crippen molar-refractivity contribution in [2.24, 2.45) is 0 Å². The molecule has 0 saturated carbocycles. The van der Waals surface area contributed by atoms with E-state index in [1.165, 1.54) is 18.0 Å². The highest BCUT2D eigenvalue weighted by Crippen LogP contribution is 2.36. The number of amides is 2. The highest BCUT2D eigenvalue weighted by atomic mass is 35.5. The number of nitrogens with two attached hydrogens (primary N) is 2. The molecule has 0 bridgehead atoms. The molecule has 0 atom stereocenters. The van der Waals surface area contributed by atoms with Crippen LogP contribution in [0, 0.1) is 0 Å². The predicted octanol–water partition coefficient (Wildman–Crippen LogP) is 11.6. The van der Waals surface area contributed by atoms with Crippen molar-refractivity contribution in [1.29, 1.82) is 0 Å². The van der Waals surface area contributed by atoms with Crippen LogP contribution >= 0.6 is 23.2 Å². The SMILES string of the molecule is C.C.Nc1ccc(C(=O)Nc2cccc(Nc3ncc(Cl)c(-c4c[nH]c5ccccc45)n3)c2)cn1.Nc1ccc(C(=O)Nc2cccc(Nc3ncc(Cl)c(C4=CCc5ccccc54)n3)c2)cn1. The maximum atomic E-state index is 12.5.